The molecule has 1 saturated heterocycles. The average molecular weight is 906 g/mol. The summed E-state index contributed by atoms with van der Waals surface area (Å²) in [6.07, 6.45) is -5.27. The van der Waals surface area contributed by atoms with E-state index in [2.05, 4.69) is 121 Å². The number of hydrogen-bond donors (Lipinski definition) is 2. The molecule has 1 aliphatic rings. The first-order valence-electron chi connectivity index (χ1n) is 20.2. The molecule has 2 rings (SSSR count). The average Bonchev–Trinajstić information content (AvgIpc) is 3.34. The highest BCUT2D eigenvalue weighted by molar-refractivity contribution is 7.92. The zero-order chi connectivity index (χ0) is 44.2. The Morgan fingerprint density at radius 3 is 1.68 bits per heavy atom. The van der Waals surface area contributed by atoms with Crippen LogP contribution in [0.1, 0.15) is 111 Å². The molecular formula is C36H70F3N3O10SSi4. The number of carbonyl (C=O) groups is 1. The third kappa shape index (κ3) is 11.4. The molecule has 4 atom stereocenters. The number of halogens is 3. The number of hydrogen-bond acceptors (Lipinski definition) is 11. The van der Waals surface area contributed by atoms with E-state index < -0.39 is 95.4 Å². The molecule has 21 heteroatoms. The predicted octanol–water partition coefficient (Wildman–Crippen LogP) is 7.17. The summed E-state index contributed by atoms with van der Waals surface area (Å²) in [5.41, 5.74) is -4.82. The number of nitrogens with one attached hydrogen (secondary N) is 1. The van der Waals surface area contributed by atoms with Gasteiger partial charge in [-0.2, -0.15) is 18.2 Å². The van der Waals surface area contributed by atoms with Crippen LogP contribution in [-0.4, -0.2) is 104 Å². The number of amides is 1. The molecule has 0 bridgehead atoms. The second-order valence-corrected chi connectivity index (χ2v) is 45.3. The van der Waals surface area contributed by atoms with Gasteiger partial charge in [0, 0.05) is 6.20 Å². The van der Waals surface area contributed by atoms with Crippen molar-refractivity contribution in [3.05, 3.63) is 22.7 Å². The highest BCUT2D eigenvalue weighted by Crippen LogP contribution is 2.46. The third-order valence-corrected chi connectivity index (χ3v) is 51.7. The number of aromatic amines is 1. The molecule has 1 aromatic rings. The fourth-order valence-electron chi connectivity index (χ4n) is 9.73. The van der Waals surface area contributed by atoms with E-state index in [9.17, 15) is 36.3 Å². The first kappa shape index (κ1) is 51.9. The van der Waals surface area contributed by atoms with E-state index in [0.29, 0.717) is 27.1 Å². The molecule has 0 spiro atoms. The first-order chi connectivity index (χ1) is 26.0. The van der Waals surface area contributed by atoms with Crippen LogP contribution in [0, 0.1) is 0 Å². The summed E-state index contributed by atoms with van der Waals surface area (Å²) >= 11 is 0. The molecular weight excluding hydrogens is 836 g/mol. The van der Waals surface area contributed by atoms with Crippen molar-refractivity contribution in [2.24, 2.45) is 0 Å². The Morgan fingerprint density at radius 2 is 1.30 bits per heavy atom. The van der Waals surface area contributed by atoms with Gasteiger partial charge in [0.1, 0.15) is 30.4 Å². The molecule has 2 heterocycles. The molecule has 0 aliphatic carbocycles. The van der Waals surface area contributed by atoms with Crippen LogP contribution in [-0.2, 0) is 38.3 Å². The number of carbonyl (C=O) groups excluding carboxylic acids is 1. The summed E-state index contributed by atoms with van der Waals surface area (Å²) in [7, 11) is -14.9. The summed E-state index contributed by atoms with van der Waals surface area (Å²) in [6.45, 7) is 34.2. The van der Waals surface area contributed by atoms with Gasteiger partial charge in [-0.1, -0.05) is 133 Å². The van der Waals surface area contributed by atoms with Crippen molar-refractivity contribution in [3.63, 3.8) is 0 Å². The molecule has 2 N–H and O–H groups in total. The number of nitrogens with zero attached hydrogens (tertiary/aromatic N) is 2. The van der Waals surface area contributed by atoms with Gasteiger partial charge >= 0.3 is 11.2 Å². The third-order valence-electron chi connectivity index (χ3n) is 11.7. The predicted molar refractivity (Wildman–Crippen MR) is 226 cm³/mol. The maximum Gasteiger partial charge on any atom is 0.497 e. The number of sulfone groups is 1. The monoisotopic (exact) mass is 905 g/mol. The van der Waals surface area contributed by atoms with Gasteiger partial charge in [0.25, 0.3) is 9.84 Å². The van der Waals surface area contributed by atoms with E-state index in [0.717, 1.165) is 12.3 Å². The van der Waals surface area contributed by atoms with Crippen LogP contribution in [0.2, 0.25) is 44.3 Å². The zero-order valence-electron chi connectivity index (χ0n) is 36.7. The van der Waals surface area contributed by atoms with Crippen molar-refractivity contribution >= 4 is 53.9 Å². The van der Waals surface area contributed by atoms with Crippen LogP contribution in [0.5, 0.6) is 0 Å². The molecule has 0 unspecified atom stereocenters. The number of aliphatic hydroxyl groups excluding tert-OH is 1. The van der Waals surface area contributed by atoms with Crippen LogP contribution in [0.25, 0.3) is 0 Å². The second kappa shape index (κ2) is 20.5. The van der Waals surface area contributed by atoms with E-state index in [1.165, 1.54) is 0 Å². The van der Waals surface area contributed by atoms with Crippen LogP contribution < -0.4 is 10.6 Å². The molecule has 1 fully saturated rings. The van der Waals surface area contributed by atoms with E-state index >= 15 is 0 Å². The highest BCUT2D eigenvalue weighted by Gasteiger charge is 2.58. The molecule has 0 saturated carbocycles. The lowest BCUT2D eigenvalue weighted by Gasteiger charge is -2.46. The van der Waals surface area contributed by atoms with Gasteiger partial charge in [0.2, 0.25) is 21.6 Å². The van der Waals surface area contributed by atoms with Crippen molar-refractivity contribution in [3.8, 4) is 0 Å². The number of aliphatic hydroxyl groups is 1. The number of anilines is 1. The van der Waals surface area contributed by atoms with Crippen molar-refractivity contribution in [1.29, 1.82) is 0 Å². The summed E-state index contributed by atoms with van der Waals surface area (Å²) in [5, 5.41) is 12.1. The van der Waals surface area contributed by atoms with Gasteiger partial charge in [-0.25, -0.2) is 23.0 Å². The maximum absolute atomic E-state index is 13.7. The molecule has 57 heavy (non-hydrogen) atoms. The number of rotatable bonds is 21. The van der Waals surface area contributed by atoms with Gasteiger partial charge in [-0.15, -0.1) is 0 Å². The molecule has 1 amide bonds. The summed E-state index contributed by atoms with van der Waals surface area (Å²) < 4.78 is 84.9. The van der Waals surface area contributed by atoms with E-state index in [4.69, 9.17) is 23.7 Å². The number of H-pyrrole nitrogens is 1. The molecule has 332 valence electrons. The van der Waals surface area contributed by atoms with E-state index in [1.807, 2.05) is 0 Å². The lowest BCUT2D eigenvalue weighted by molar-refractivity contribution is -0.296. The van der Waals surface area contributed by atoms with Crippen LogP contribution >= 0.6 is 0 Å². The molecule has 1 aliphatic heterocycles. The SMILES string of the molecule is CC(C)[SiH](C(C)C)[Si](OOC[C@H]1O[C@@H](N(C(=O)CS(=O)(=O)C(F)(F)F)c2cc[nH]c(=O)n2)[C@@H](O)[C@@H]1OO[Si](C(C)C)(C(C)C)[SiH](C(C)C)C(C)C)(C(C)C)C(C)C. The van der Waals surface area contributed by atoms with Gasteiger partial charge in [-0.05, 0) is 28.2 Å². The molecule has 1 aromatic heterocycles. The maximum atomic E-state index is 13.7. The van der Waals surface area contributed by atoms with Gasteiger partial charge in [0.05, 0.1) is 16.6 Å². The quantitative estimate of drug-likeness (QED) is 0.0730. The van der Waals surface area contributed by atoms with Crippen LogP contribution in [0.3, 0.4) is 0 Å². The van der Waals surface area contributed by atoms with Crippen LogP contribution in [0.4, 0.5) is 19.0 Å². The van der Waals surface area contributed by atoms with E-state index in [1.54, 1.807) is 0 Å². The number of ether oxygens (including phenoxy) is 1. The first-order valence-corrected chi connectivity index (χ1v) is 32.2. The Hall–Kier alpha value is -1.28. The Kier molecular flexibility index (Phi) is 18.7. The lowest BCUT2D eigenvalue weighted by atomic mass is 10.1. The largest absolute Gasteiger partial charge is 0.497 e. The minimum atomic E-state index is -6.00. The Labute approximate surface area is 343 Å². The summed E-state index contributed by atoms with van der Waals surface area (Å²) in [6, 6.07) is 1.08. The van der Waals surface area contributed by atoms with E-state index in [-0.39, 0.29) is 28.8 Å². The van der Waals surface area contributed by atoms with Gasteiger partial charge in [-0.3, -0.25) is 18.8 Å². The zero-order valence-corrected chi connectivity index (χ0v) is 41.8. The minimum absolute atomic E-state index is 0.0795. The highest BCUT2D eigenvalue weighted by atomic mass is 32.2. The Bertz CT molecular complexity index is 1580. The fraction of sp³-hybridized carbons (Fsp3) is 0.861. The fourth-order valence-corrected chi connectivity index (χ4v) is 47.7. The van der Waals surface area contributed by atoms with Crippen molar-refractivity contribution in [1.82, 2.24) is 9.97 Å². The minimum Gasteiger partial charge on any atom is -0.385 e. The smallest absolute Gasteiger partial charge is 0.385 e. The molecule has 0 radical (unpaired) electrons. The van der Waals surface area contributed by atoms with Crippen molar-refractivity contribution in [2.75, 3.05) is 17.3 Å². The summed E-state index contributed by atoms with van der Waals surface area (Å²) in [4.78, 5) is 45.0. The van der Waals surface area contributed by atoms with Gasteiger partial charge in [0.15, 0.2) is 12.3 Å². The topological polar surface area (TPSA) is 167 Å². The summed E-state index contributed by atoms with van der Waals surface area (Å²) in [5.74, 6) is -4.22. The Balaban J connectivity index is 2.79. The Morgan fingerprint density at radius 1 is 0.860 bits per heavy atom. The standard InChI is InChI=1S/C36H70F3N3O10SSi4/c1-21(2)54(22(3)4)56(25(9)10,26(11)12)51-48-19-29-33(50-52-57(27(13)14,28(15)16)55(23(5)6)24(7)8)32(44)34(49-29)42(30-17-18-40-35(45)41-30)31(43)20-53(46,47)36(37,38)39/h17-18,21-29,32-34,44,54-55H,19-20H2,1-16H3,(H,40,41,45)/t29-,32+,33-,34-/m1/s1. The van der Waals surface area contributed by atoms with Crippen LogP contribution in [0.15, 0.2) is 17.1 Å². The lowest BCUT2D eigenvalue weighted by Crippen LogP contribution is -2.62. The van der Waals surface area contributed by atoms with Gasteiger partial charge < -0.3 is 14.8 Å². The number of alkyl halides is 3. The normalized spacial score (nSPS) is 20.4. The second-order valence-electron chi connectivity index (χ2n) is 18.1. The van der Waals surface area contributed by atoms with Crippen molar-refractivity contribution in [2.45, 2.75) is 185 Å². The molecule has 0 aromatic carbocycles. The number of aromatic nitrogens is 2. The molecule has 13 nitrogen and oxygen atoms in total. The van der Waals surface area contributed by atoms with Crippen molar-refractivity contribution < 1.29 is 55.2 Å².